The van der Waals surface area contributed by atoms with Gasteiger partial charge in [0.15, 0.2) is 6.61 Å². The van der Waals surface area contributed by atoms with E-state index in [4.69, 9.17) is 10.5 Å². The van der Waals surface area contributed by atoms with Crippen molar-refractivity contribution in [3.8, 4) is 5.75 Å². The molecule has 3 rings (SSSR count). The van der Waals surface area contributed by atoms with Gasteiger partial charge in [0.2, 0.25) is 5.91 Å². The molecular weight excluding hydrogens is 282 g/mol. The molecule has 1 atom stereocenters. The number of benzene rings is 1. The monoisotopic (exact) mass is 299 g/mol. The highest BCUT2D eigenvalue weighted by Gasteiger charge is 2.32. The number of hydrogen-bond donors (Lipinski definition) is 1. The Hall–Kier alpha value is -2.63. The molecule has 1 aliphatic heterocycles. The molecule has 2 amide bonds. The summed E-state index contributed by atoms with van der Waals surface area (Å²) in [6, 6.07) is 8.78. The van der Waals surface area contributed by atoms with Crippen LogP contribution in [0.5, 0.6) is 5.75 Å². The summed E-state index contributed by atoms with van der Waals surface area (Å²) in [6.07, 6.45) is 3.06. The summed E-state index contributed by atoms with van der Waals surface area (Å²) in [6.45, 7) is 0.435. The summed E-state index contributed by atoms with van der Waals surface area (Å²) in [4.78, 5) is 29.3. The lowest BCUT2D eigenvalue weighted by molar-refractivity contribution is -0.138. The highest BCUT2D eigenvalue weighted by Crippen LogP contribution is 2.24. The molecular formula is C16H17N3O3. The number of rotatable bonds is 4. The second-order valence-corrected chi connectivity index (χ2v) is 5.26. The van der Waals surface area contributed by atoms with E-state index in [1.807, 2.05) is 24.3 Å². The Morgan fingerprint density at radius 3 is 2.95 bits per heavy atom. The van der Waals surface area contributed by atoms with Gasteiger partial charge in [-0.25, -0.2) is 0 Å². The fourth-order valence-electron chi connectivity index (χ4n) is 2.78. The van der Waals surface area contributed by atoms with Gasteiger partial charge in [0.25, 0.3) is 5.91 Å². The molecule has 1 aromatic carbocycles. The maximum atomic E-state index is 12.2. The molecule has 2 aromatic rings. The summed E-state index contributed by atoms with van der Waals surface area (Å²) in [5, 5.41) is 0.852. The van der Waals surface area contributed by atoms with Gasteiger partial charge in [-0.05, 0) is 31.0 Å². The molecule has 2 heterocycles. The number of carbonyl (C=O) groups excluding carboxylic acids is 2. The Morgan fingerprint density at radius 2 is 2.14 bits per heavy atom. The number of pyridine rings is 1. The molecule has 0 unspecified atom stereocenters. The van der Waals surface area contributed by atoms with Crippen LogP contribution in [-0.4, -0.2) is 40.9 Å². The van der Waals surface area contributed by atoms with Crippen LogP contribution in [0.4, 0.5) is 0 Å². The predicted molar refractivity (Wildman–Crippen MR) is 81.2 cm³/mol. The van der Waals surface area contributed by atoms with E-state index in [9.17, 15) is 9.59 Å². The van der Waals surface area contributed by atoms with Crippen molar-refractivity contribution in [2.45, 2.75) is 18.9 Å². The van der Waals surface area contributed by atoms with E-state index in [1.54, 1.807) is 12.3 Å². The lowest BCUT2D eigenvalue weighted by Gasteiger charge is -2.22. The first-order chi connectivity index (χ1) is 10.7. The van der Waals surface area contributed by atoms with Crippen LogP contribution in [0.15, 0.2) is 36.5 Å². The molecule has 6 nitrogen and oxygen atoms in total. The summed E-state index contributed by atoms with van der Waals surface area (Å²) in [5.41, 5.74) is 6.13. The molecule has 6 heteroatoms. The van der Waals surface area contributed by atoms with Gasteiger partial charge in [0, 0.05) is 18.1 Å². The van der Waals surface area contributed by atoms with E-state index in [1.165, 1.54) is 4.90 Å². The Kier molecular flexibility index (Phi) is 3.91. The SMILES string of the molecule is NC(=O)[C@H]1CCCN1C(=O)COc1ccnc2ccccc12. The molecule has 114 valence electrons. The molecule has 0 aliphatic carbocycles. The Bertz CT molecular complexity index is 711. The van der Waals surface area contributed by atoms with Gasteiger partial charge in [-0.15, -0.1) is 0 Å². The minimum Gasteiger partial charge on any atom is -0.483 e. The number of nitrogens with two attached hydrogens (primary N) is 1. The van der Waals surface area contributed by atoms with Crippen molar-refractivity contribution in [3.05, 3.63) is 36.5 Å². The normalized spacial score (nSPS) is 17.6. The van der Waals surface area contributed by atoms with Gasteiger partial charge < -0.3 is 15.4 Å². The number of likely N-dealkylation sites (tertiary alicyclic amines) is 1. The van der Waals surface area contributed by atoms with Crippen LogP contribution in [0.1, 0.15) is 12.8 Å². The zero-order valence-electron chi connectivity index (χ0n) is 12.1. The van der Waals surface area contributed by atoms with E-state index in [0.29, 0.717) is 18.7 Å². The largest absolute Gasteiger partial charge is 0.483 e. The number of fused-ring (bicyclic) bond motifs is 1. The average Bonchev–Trinajstić information content (AvgIpc) is 3.02. The van der Waals surface area contributed by atoms with Crippen molar-refractivity contribution in [1.29, 1.82) is 0 Å². The van der Waals surface area contributed by atoms with Crippen molar-refractivity contribution in [2.75, 3.05) is 13.2 Å². The first-order valence-corrected chi connectivity index (χ1v) is 7.22. The van der Waals surface area contributed by atoms with Crippen molar-refractivity contribution < 1.29 is 14.3 Å². The zero-order chi connectivity index (χ0) is 15.5. The van der Waals surface area contributed by atoms with Crippen LogP contribution in [0.2, 0.25) is 0 Å². The number of aromatic nitrogens is 1. The van der Waals surface area contributed by atoms with Gasteiger partial charge in [-0.1, -0.05) is 12.1 Å². The maximum Gasteiger partial charge on any atom is 0.261 e. The van der Waals surface area contributed by atoms with E-state index >= 15 is 0 Å². The quantitative estimate of drug-likeness (QED) is 0.915. The highest BCUT2D eigenvalue weighted by molar-refractivity contribution is 5.88. The van der Waals surface area contributed by atoms with Gasteiger partial charge in [-0.3, -0.25) is 14.6 Å². The maximum absolute atomic E-state index is 12.2. The third-order valence-electron chi connectivity index (χ3n) is 3.86. The van der Waals surface area contributed by atoms with E-state index in [2.05, 4.69) is 4.98 Å². The number of primary amides is 1. The van der Waals surface area contributed by atoms with Gasteiger partial charge in [0.1, 0.15) is 11.8 Å². The van der Waals surface area contributed by atoms with Crippen LogP contribution < -0.4 is 10.5 Å². The molecule has 0 saturated carbocycles. The third kappa shape index (κ3) is 2.72. The van der Waals surface area contributed by atoms with Crippen molar-refractivity contribution in [1.82, 2.24) is 9.88 Å². The standard InChI is InChI=1S/C16H17N3O3/c17-16(21)13-6-3-9-19(13)15(20)10-22-14-7-8-18-12-5-2-1-4-11(12)14/h1-2,4-5,7-8,13H,3,6,9-10H2,(H2,17,21)/t13-/m1/s1. The number of amides is 2. The van der Waals surface area contributed by atoms with E-state index in [0.717, 1.165) is 17.3 Å². The molecule has 0 radical (unpaired) electrons. The smallest absolute Gasteiger partial charge is 0.261 e. The number of carbonyl (C=O) groups is 2. The second-order valence-electron chi connectivity index (χ2n) is 5.26. The summed E-state index contributed by atoms with van der Waals surface area (Å²) in [7, 11) is 0. The first-order valence-electron chi connectivity index (χ1n) is 7.22. The Balaban J connectivity index is 1.71. The molecule has 22 heavy (non-hydrogen) atoms. The molecule has 1 saturated heterocycles. The molecule has 1 fully saturated rings. The molecule has 1 aromatic heterocycles. The summed E-state index contributed by atoms with van der Waals surface area (Å²) < 4.78 is 5.64. The van der Waals surface area contributed by atoms with Crippen molar-refractivity contribution in [2.24, 2.45) is 5.73 Å². The van der Waals surface area contributed by atoms with Crippen LogP contribution in [0.25, 0.3) is 10.9 Å². The van der Waals surface area contributed by atoms with Gasteiger partial charge >= 0.3 is 0 Å². The number of ether oxygens (including phenoxy) is 1. The Labute approximate surface area is 127 Å². The third-order valence-corrected chi connectivity index (χ3v) is 3.86. The number of hydrogen-bond acceptors (Lipinski definition) is 4. The lowest BCUT2D eigenvalue weighted by atomic mass is 10.2. The van der Waals surface area contributed by atoms with Crippen molar-refractivity contribution in [3.63, 3.8) is 0 Å². The molecule has 1 aliphatic rings. The summed E-state index contributed by atoms with van der Waals surface area (Å²) in [5.74, 6) is -0.0730. The minimum atomic E-state index is -0.509. The zero-order valence-corrected chi connectivity index (χ0v) is 12.1. The van der Waals surface area contributed by atoms with Crippen LogP contribution in [0, 0.1) is 0 Å². The fraction of sp³-hybridized carbons (Fsp3) is 0.312. The van der Waals surface area contributed by atoms with Crippen LogP contribution in [-0.2, 0) is 9.59 Å². The van der Waals surface area contributed by atoms with Crippen LogP contribution in [0.3, 0.4) is 0 Å². The van der Waals surface area contributed by atoms with Gasteiger partial charge in [0.05, 0.1) is 5.52 Å². The minimum absolute atomic E-state index is 0.113. The van der Waals surface area contributed by atoms with E-state index < -0.39 is 11.9 Å². The number of nitrogens with zero attached hydrogens (tertiary/aromatic N) is 2. The van der Waals surface area contributed by atoms with Crippen molar-refractivity contribution >= 4 is 22.7 Å². The van der Waals surface area contributed by atoms with E-state index in [-0.39, 0.29) is 12.5 Å². The van der Waals surface area contributed by atoms with Crippen LogP contribution >= 0.6 is 0 Å². The first kappa shape index (κ1) is 14.3. The molecule has 0 bridgehead atoms. The topological polar surface area (TPSA) is 85.5 Å². The summed E-state index contributed by atoms with van der Waals surface area (Å²) >= 11 is 0. The average molecular weight is 299 g/mol. The molecule has 2 N–H and O–H groups in total. The lowest BCUT2D eigenvalue weighted by Crippen LogP contribution is -2.45. The Morgan fingerprint density at radius 1 is 1.32 bits per heavy atom. The number of para-hydroxylation sites is 1. The second kappa shape index (κ2) is 6.01. The molecule has 0 spiro atoms. The fourth-order valence-corrected chi connectivity index (χ4v) is 2.78. The predicted octanol–water partition coefficient (Wildman–Crippen LogP) is 1.09. The highest BCUT2D eigenvalue weighted by atomic mass is 16.5. The van der Waals surface area contributed by atoms with Gasteiger partial charge in [-0.2, -0.15) is 0 Å².